The maximum atomic E-state index is 2.53. The Bertz CT molecular complexity index is 7010. The van der Waals surface area contributed by atoms with Crippen LogP contribution in [0.4, 0.5) is 34.1 Å². The molecule has 0 aromatic heterocycles. The molecule has 20 aromatic rings. The molecule has 135 heavy (non-hydrogen) atoms. The maximum Gasteiger partial charge on any atom is 0.0713 e. The Balaban J connectivity index is 0.000000128. The summed E-state index contributed by atoms with van der Waals surface area (Å²) in [4.78, 5) is 4.83. The molecule has 1 aliphatic rings. The zero-order valence-corrected chi connectivity index (χ0v) is 83.6. The Labute approximate surface area is 804 Å². The maximum absolute atomic E-state index is 2.53. The Morgan fingerprint density at radius 2 is 0.496 bits per heavy atom. The molecule has 0 unspecified atom stereocenters. The lowest BCUT2D eigenvalue weighted by Crippen LogP contribution is -2.29. The average molecular weight is 1760 g/mol. The highest BCUT2D eigenvalue weighted by Gasteiger charge is 2.47. The first-order valence-corrected chi connectivity index (χ1v) is 49.8. The van der Waals surface area contributed by atoms with E-state index in [1.165, 1.54) is 282 Å². The molecule has 1 aliphatic carbocycles. The van der Waals surface area contributed by atoms with Gasteiger partial charge in [-0.2, -0.15) is 0 Å². The zero-order valence-electron chi connectivity index (χ0n) is 83.6. The summed E-state index contributed by atoms with van der Waals surface area (Å²) in [5.41, 5.74) is 39.2. The van der Waals surface area contributed by atoms with E-state index in [0.29, 0.717) is 0 Å². The molecule has 21 rings (SSSR count). The summed E-state index contributed by atoms with van der Waals surface area (Å²) in [5, 5.41) is 22.1. The molecule has 0 fully saturated rings. The number of hydrogen-bond donors (Lipinski definition) is 0. The lowest BCUT2D eigenvalue weighted by Gasteiger charge is -2.35. The van der Waals surface area contributed by atoms with E-state index >= 15 is 0 Å². The molecule has 0 N–H and O–H groups in total. The second-order valence-corrected chi connectivity index (χ2v) is 41.4. The minimum Gasteiger partial charge on any atom is -0.310 e. The van der Waals surface area contributed by atoms with Crippen LogP contribution in [0.5, 0.6) is 0 Å². The van der Waals surface area contributed by atoms with Gasteiger partial charge < -0.3 is 9.80 Å². The highest BCUT2D eigenvalue weighted by atomic mass is 15.2. The summed E-state index contributed by atoms with van der Waals surface area (Å²) in [6, 6.07) is 124. The normalized spacial score (nSPS) is 12.4. The van der Waals surface area contributed by atoms with E-state index in [2.05, 4.69) is 476 Å². The van der Waals surface area contributed by atoms with Crippen LogP contribution in [0.3, 0.4) is 0 Å². The summed E-state index contributed by atoms with van der Waals surface area (Å²) < 4.78 is 0. The van der Waals surface area contributed by atoms with Crippen molar-refractivity contribution < 1.29 is 0 Å². The number of unbranched alkanes of at least 4 members (excludes halogenated alkanes) is 6. The summed E-state index contributed by atoms with van der Waals surface area (Å²) >= 11 is 0. The molecule has 0 heterocycles. The van der Waals surface area contributed by atoms with E-state index in [-0.39, 0.29) is 16.2 Å². The first kappa shape index (κ1) is 92.1. The smallest absolute Gasteiger partial charge is 0.0713 e. The quantitative estimate of drug-likeness (QED) is 0.0452. The van der Waals surface area contributed by atoms with Gasteiger partial charge in [0.05, 0.1) is 16.8 Å². The number of anilines is 6. The highest BCUT2D eigenvalue weighted by molar-refractivity contribution is 6.35. The molecule has 2 nitrogen and oxygen atoms in total. The van der Waals surface area contributed by atoms with Crippen LogP contribution in [0, 0.1) is 83.1 Å². The molecule has 0 aliphatic heterocycles. The zero-order chi connectivity index (χ0) is 94.5. The molecule has 0 amide bonds. The van der Waals surface area contributed by atoms with Crippen LogP contribution in [0.1, 0.15) is 218 Å². The Morgan fingerprint density at radius 3 is 0.785 bits per heavy atom. The van der Waals surface area contributed by atoms with Crippen LogP contribution in [0.2, 0.25) is 0 Å². The fourth-order valence-corrected chi connectivity index (χ4v) is 22.1. The second-order valence-electron chi connectivity index (χ2n) is 41.4. The monoisotopic (exact) mass is 1760 g/mol. The fraction of sp³-hybridized carbons (Fsp3) is 0.248. The van der Waals surface area contributed by atoms with Crippen LogP contribution in [0.15, 0.2) is 328 Å². The van der Waals surface area contributed by atoms with Crippen LogP contribution >= 0.6 is 0 Å². The van der Waals surface area contributed by atoms with Crippen LogP contribution < -0.4 is 9.80 Å². The van der Waals surface area contributed by atoms with Crippen molar-refractivity contribution in [1.82, 2.24) is 0 Å². The SMILES string of the molecule is CCCCCCc1cccc(C2(c3cccc(CCCCCC)c3)c3cc(C)ccc3-c3ccc(C)cc32)c1.Cc1ccc(N(c2ccc(-c3ccc(N(c4ccc(C)cc4)c4c(C)cc(C(C)(C)C)cc4C)cc3)cc2)c2c(C)cc(C(C)(C)C)cc2C)cc1.Cc1ccc2c3ccc(C)c4cccc(c5cccc1c52)c43.Cc1ccc2c3cccc4c(C)ccc(c5cccc1c52)c43. The molecule has 0 radical (unpaired) electrons. The predicted molar refractivity (Wildman–Crippen MR) is 590 cm³/mol. The van der Waals surface area contributed by atoms with Gasteiger partial charge in [0.15, 0.2) is 0 Å². The van der Waals surface area contributed by atoms with Gasteiger partial charge in [0.25, 0.3) is 0 Å². The molecule has 2 heteroatoms. The van der Waals surface area contributed by atoms with Crippen LogP contribution in [0.25, 0.3) is 108 Å². The summed E-state index contributed by atoms with van der Waals surface area (Å²) in [6.07, 6.45) is 12.7. The molecule has 0 saturated carbocycles. The van der Waals surface area contributed by atoms with E-state index in [1.807, 2.05) is 0 Å². The summed E-state index contributed by atoms with van der Waals surface area (Å²) in [6.45, 7) is 44.9. The van der Waals surface area contributed by atoms with Gasteiger partial charge in [-0.1, -0.05) is 395 Å². The van der Waals surface area contributed by atoms with Gasteiger partial charge >= 0.3 is 0 Å². The second kappa shape index (κ2) is 38.2. The van der Waals surface area contributed by atoms with Crippen molar-refractivity contribution in [3.8, 4) is 22.3 Å². The molecular weight excluding hydrogens is 1630 g/mol. The Kier molecular flexibility index (Phi) is 26.0. The molecule has 0 spiro atoms. The average Bonchev–Trinajstić information content (AvgIpc) is 1.65. The minimum atomic E-state index is -0.304. The van der Waals surface area contributed by atoms with Crippen molar-refractivity contribution >= 4 is 120 Å². The number of rotatable bonds is 19. The van der Waals surface area contributed by atoms with Gasteiger partial charge in [-0.15, -0.1) is 0 Å². The van der Waals surface area contributed by atoms with Crippen LogP contribution in [-0.2, 0) is 29.1 Å². The third-order valence-corrected chi connectivity index (χ3v) is 29.3. The number of nitrogens with zero attached hydrogens (tertiary/aromatic N) is 2. The minimum absolute atomic E-state index is 0.0889. The third kappa shape index (κ3) is 17.8. The van der Waals surface area contributed by atoms with Crippen molar-refractivity contribution in [3.63, 3.8) is 0 Å². The molecule has 20 aromatic carbocycles. The Morgan fingerprint density at radius 1 is 0.230 bits per heavy atom. The highest BCUT2D eigenvalue weighted by Crippen LogP contribution is 2.58. The van der Waals surface area contributed by atoms with Gasteiger partial charge in [0.2, 0.25) is 0 Å². The Hall–Kier alpha value is -13.4. The van der Waals surface area contributed by atoms with Crippen molar-refractivity contribution in [2.24, 2.45) is 0 Å². The largest absolute Gasteiger partial charge is 0.310 e. The summed E-state index contributed by atoms with van der Waals surface area (Å²) in [7, 11) is 0. The lowest BCUT2D eigenvalue weighted by molar-refractivity contribution is 0.589. The van der Waals surface area contributed by atoms with Gasteiger partial charge in [-0.3, -0.25) is 0 Å². The van der Waals surface area contributed by atoms with Gasteiger partial charge in [-0.25, -0.2) is 0 Å². The number of aryl methyl sites for hydroxylation is 14. The van der Waals surface area contributed by atoms with E-state index in [9.17, 15) is 0 Å². The van der Waals surface area contributed by atoms with Crippen molar-refractivity contribution in [2.45, 2.75) is 219 Å². The van der Waals surface area contributed by atoms with Crippen molar-refractivity contribution in [2.75, 3.05) is 9.80 Å². The molecule has 0 saturated heterocycles. The lowest BCUT2D eigenvalue weighted by atomic mass is 9.66. The number of fused-ring (bicyclic) bond motifs is 7. The first-order chi connectivity index (χ1) is 65.1. The topological polar surface area (TPSA) is 6.48 Å². The van der Waals surface area contributed by atoms with Gasteiger partial charge in [0, 0.05) is 22.7 Å². The van der Waals surface area contributed by atoms with Crippen molar-refractivity contribution in [1.29, 1.82) is 0 Å². The molecule has 676 valence electrons. The number of hydrogen-bond acceptors (Lipinski definition) is 2. The third-order valence-electron chi connectivity index (χ3n) is 29.3. The summed E-state index contributed by atoms with van der Waals surface area (Å²) in [5.74, 6) is 0. The van der Waals surface area contributed by atoms with E-state index in [0.717, 1.165) is 35.6 Å². The molecule has 0 bridgehead atoms. The van der Waals surface area contributed by atoms with Gasteiger partial charge in [0.1, 0.15) is 0 Å². The molecule has 0 atom stereocenters. The van der Waals surface area contributed by atoms with Crippen molar-refractivity contribution in [3.05, 3.63) is 439 Å². The van der Waals surface area contributed by atoms with E-state index < -0.39 is 0 Å². The van der Waals surface area contributed by atoms with Crippen LogP contribution in [-0.4, -0.2) is 0 Å². The van der Waals surface area contributed by atoms with E-state index in [4.69, 9.17) is 0 Å². The van der Waals surface area contributed by atoms with Gasteiger partial charge in [-0.05, 0) is 366 Å². The standard InChI is InChI=1S/C50H56N2.C39H46.2C22H16/c1-33-13-21-43(22-14-33)51(47-35(3)29-41(30-36(47)4)49(7,8)9)45-25-17-39(18-26-45)40-19-27-46(28-20-40)52(44-23-15-34(2)16-24-44)48-37(5)31-42(32-38(48)6)50(10,11)12;1-5-7-9-11-15-31-17-13-19-33(27-31)39(34-20-14-18-32(28-34)16-12-10-8-6-2)37-25-29(3)21-23-35(37)36-24-22-30(4)26-38(36)39;1-13-9-11-19-18-8-4-6-16-14(2)10-12-20(22(16)18)17-7-3-5-15(13)21(17)19;1-13-9-11-19-20-12-10-14(2)16-6-4-8-18(22(16)20)17-7-3-5-15(13)21(17)19/h13-32H,1-12H3;13-14,17-28H,5-12,15-16H2,1-4H3;2*3-12H,1-2H3. The first-order valence-electron chi connectivity index (χ1n) is 49.8. The predicted octanol–water partition coefficient (Wildman–Crippen LogP) is 38.4. The number of benzene rings is 20. The fourth-order valence-electron chi connectivity index (χ4n) is 22.1. The molecular formula is C133H134N2. The van der Waals surface area contributed by atoms with E-state index in [1.54, 1.807) is 0 Å².